The first-order chi connectivity index (χ1) is 7.26. The minimum atomic E-state index is -0.0238. The number of fused-ring (bicyclic) bond motifs is 1. The van der Waals surface area contributed by atoms with Gasteiger partial charge >= 0.3 is 0 Å². The molecule has 0 bridgehead atoms. The van der Waals surface area contributed by atoms with Crippen LogP contribution in [0.3, 0.4) is 0 Å². The van der Waals surface area contributed by atoms with Crippen LogP contribution in [0.25, 0.3) is 10.9 Å². The van der Waals surface area contributed by atoms with Crippen molar-refractivity contribution in [1.29, 1.82) is 0 Å². The average molecular weight is 205 g/mol. The Morgan fingerprint density at radius 3 is 3.00 bits per heavy atom. The van der Waals surface area contributed by atoms with E-state index in [4.69, 9.17) is 10.5 Å². The molecule has 0 amide bonds. The smallest absolute Gasteiger partial charge is 0.150 e. The molecule has 2 rings (SSSR count). The van der Waals surface area contributed by atoms with Gasteiger partial charge in [0.05, 0.1) is 11.7 Å². The molecule has 0 spiro atoms. The van der Waals surface area contributed by atoms with Crippen molar-refractivity contribution >= 4 is 16.6 Å². The molecule has 2 aromatic rings. The summed E-state index contributed by atoms with van der Waals surface area (Å²) in [5.41, 5.74) is 7.52. The molecule has 1 aromatic carbocycles. The largest absolute Gasteiger partial charge is 0.399 e. The van der Waals surface area contributed by atoms with Gasteiger partial charge in [-0.15, -0.1) is 0 Å². The third-order valence-electron chi connectivity index (χ3n) is 2.52. The van der Waals surface area contributed by atoms with Crippen molar-refractivity contribution in [1.82, 2.24) is 9.78 Å². The summed E-state index contributed by atoms with van der Waals surface area (Å²) in [5, 5.41) is 5.40. The number of hydrogen-bond acceptors (Lipinski definition) is 3. The van der Waals surface area contributed by atoms with Crippen molar-refractivity contribution in [2.45, 2.75) is 19.6 Å². The summed E-state index contributed by atoms with van der Waals surface area (Å²) in [7, 11) is 1.69. The number of aromatic nitrogens is 2. The van der Waals surface area contributed by atoms with E-state index in [0.29, 0.717) is 0 Å². The molecule has 0 aliphatic carbocycles. The van der Waals surface area contributed by atoms with Crippen LogP contribution >= 0.6 is 0 Å². The normalized spacial score (nSPS) is 13.2. The number of ether oxygens (including phenoxy) is 1. The standard InChI is InChI=1S/C11H15N3O/c1-3-11(15-2)14-10-6-9(12)5-4-8(10)7-13-14/h4-7,11H,3,12H2,1-2H3. The zero-order valence-corrected chi connectivity index (χ0v) is 8.97. The number of rotatable bonds is 3. The molecule has 4 heteroatoms. The van der Waals surface area contributed by atoms with Gasteiger partial charge in [0.1, 0.15) is 6.23 Å². The monoisotopic (exact) mass is 205 g/mol. The van der Waals surface area contributed by atoms with Crippen LogP contribution in [0.2, 0.25) is 0 Å². The summed E-state index contributed by atoms with van der Waals surface area (Å²) < 4.78 is 7.22. The van der Waals surface area contributed by atoms with E-state index < -0.39 is 0 Å². The van der Waals surface area contributed by atoms with Crippen LogP contribution in [0.4, 0.5) is 5.69 Å². The van der Waals surface area contributed by atoms with Gasteiger partial charge in [0.2, 0.25) is 0 Å². The minimum absolute atomic E-state index is 0.0238. The average Bonchev–Trinajstić information content (AvgIpc) is 2.64. The number of methoxy groups -OCH3 is 1. The summed E-state index contributed by atoms with van der Waals surface area (Å²) in [4.78, 5) is 0. The van der Waals surface area contributed by atoms with Crippen molar-refractivity contribution in [3.63, 3.8) is 0 Å². The maximum atomic E-state index is 5.75. The Bertz CT molecular complexity index is 460. The fourth-order valence-corrected chi connectivity index (χ4v) is 1.72. The van der Waals surface area contributed by atoms with E-state index in [1.165, 1.54) is 0 Å². The summed E-state index contributed by atoms with van der Waals surface area (Å²) in [6.07, 6.45) is 2.68. The quantitative estimate of drug-likeness (QED) is 0.781. The highest BCUT2D eigenvalue weighted by Gasteiger charge is 2.11. The van der Waals surface area contributed by atoms with Gasteiger partial charge in [-0.25, -0.2) is 4.68 Å². The van der Waals surface area contributed by atoms with Crippen molar-refractivity contribution < 1.29 is 4.74 Å². The molecule has 0 saturated heterocycles. The number of nitrogens with two attached hydrogens (primary N) is 1. The Kier molecular flexibility index (Phi) is 2.60. The van der Waals surface area contributed by atoms with E-state index in [9.17, 15) is 0 Å². The van der Waals surface area contributed by atoms with Gasteiger partial charge in [0.15, 0.2) is 0 Å². The molecule has 4 nitrogen and oxygen atoms in total. The fraction of sp³-hybridized carbons (Fsp3) is 0.364. The Morgan fingerprint density at radius 2 is 2.33 bits per heavy atom. The number of benzene rings is 1. The fourth-order valence-electron chi connectivity index (χ4n) is 1.72. The number of nitrogens with zero attached hydrogens (tertiary/aromatic N) is 2. The number of hydrogen-bond donors (Lipinski definition) is 1. The predicted octanol–water partition coefficient (Wildman–Crippen LogP) is 2.17. The van der Waals surface area contributed by atoms with Crippen LogP contribution in [-0.4, -0.2) is 16.9 Å². The van der Waals surface area contributed by atoms with Gasteiger partial charge in [-0.05, 0) is 24.6 Å². The van der Waals surface area contributed by atoms with Crippen LogP contribution < -0.4 is 5.73 Å². The summed E-state index contributed by atoms with van der Waals surface area (Å²) in [6, 6.07) is 5.77. The number of anilines is 1. The first-order valence-electron chi connectivity index (χ1n) is 5.01. The van der Waals surface area contributed by atoms with E-state index in [-0.39, 0.29) is 6.23 Å². The molecule has 0 aliphatic heterocycles. The summed E-state index contributed by atoms with van der Waals surface area (Å²) >= 11 is 0. The molecule has 2 N–H and O–H groups in total. The van der Waals surface area contributed by atoms with Gasteiger partial charge in [-0.3, -0.25) is 0 Å². The molecular weight excluding hydrogens is 190 g/mol. The highest BCUT2D eigenvalue weighted by atomic mass is 16.5. The van der Waals surface area contributed by atoms with Crippen molar-refractivity contribution in [2.75, 3.05) is 12.8 Å². The van der Waals surface area contributed by atoms with E-state index in [2.05, 4.69) is 12.0 Å². The van der Waals surface area contributed by atoms with Gasteiger partial charge < -0.3 is 10.5 Å². The van der Waals surface area contributed by atoms with E-state index in [1.54, 1.807) is 7.11 Å². The number of nitrogen functional groups attached to an aromatic ring is 1. The van der Waals surface area contributed by atoms with E-state index in [1.807, 2.05) is 29.1 Å². The first kappa shape index (κ1) is 9.98. The molecule has 0 radical (unpaired) electrons. The molecule has 15 heavy (non-hydrogen) atoms. The van der Waals surface area contributed by atoms with Gasteiger partial charge in [-0.1, -0.05) is 6.92 Å². The zero-order chi connectivity index (χ0) is 10.8. The Labute approximate surface area is 88.6 Å². The molecule has 0 aliphatic rings. The molecule has 1 atom stereocenters. The third-order valence-corrected chi connectivity index (χ3v) is 2.52. The molecule has 0 fully saturated rings. The van der Waals surface area contributed by atoms with Crippen LogP contribution in [0, 0.1) is 0 Å². The molecule has 1 heterocycles. The lowest BCUT2D eigenvalue weighted by Gasteiger charge is -2.14. The molecule has 1 unspecified atom stereocenters. The molecule has 1 aromatic heterocycles. The predicted molar refractivity (Wildman–Crippen MR) is 60.5 cm³/mol. The second-order valence-electron chi connectivity index (χ2n) is 3.51. The zero-order valence-electron chi connectivity index (χ0n) is 8.97. The minimum Gasteiger partial charge on any atom is -0.399 e. The first-order valence-corrected chi connectivity index (χ1v) is 5.01. The van der Waals surface area contributed by atoms with Crippen LogP contribution in [-0.2, 0) is 4.74 Å². The van der Waals surface area contributed by atoms with E-state index >= 15 is 0 Å². The Hall–Kier alpha value is -1.55. The van der Waals surface area contributed by atoms with Gasteiger partial charge in [0, 0.05) is 18.2 Å². The lowest BCUT2D eigenvalue weighted by Crippen LogP contribution is -2.11. The lowest BCUT2D eigenvalue weighted by atomic mass is 10.2. The van der Waals surface area contributed by atoms with Crippen molar-refractivity contribution in [3.8, 4) is 0 Å². The van der Waals surface area contributed by atoms with Gasteiger partial charge in [-0.2, -0.15) is 5.10 Å². The second-order valence-corrected chi connectivity index (χ2v) is 3.51. The van der Waals surface area contributed by atoms with Crippen LogP contribution in [0.1, 0.15) is 19.6 Å². The van der Waals surface area contributed by atoms with Crippen molar-refractivity contribution in [2.24, 2.45) is 0 Å². The van der Waals surface area contributed by atoms with Crippen molar-refractivity contribution in [3.05, 3.63) is 24.4 Å². The Morgan fingerprint density at radius 1 is 1.53 bits per heavy atom. The molecule has 0 saturated carbocycles. The SMILES string of the molecule is CCC(OC)n1ncc2ccc(N)cc21. The maximum Gasteiger partial charge on any atom is 0.150 e. The highest BCUT2D eigenvalue weighted by Crippen LogP contribution is 2.22. The van der Waals surface area contributed by atoms with E-state index in [0.717, 1.165) is 23.0 Å². The lowest BCUT2D eigenvalue weighted by molar-refractivity contribution is 0.0346. The second kappa shape index (κ2) is 3.90. The summed E-state index contributed by atoms with van der Waals surface area (Å²) in [6.45, 7) is 2.06. The highest BCUT2D eigenvalue weighted by molar-refractivity contribution is 5.81. The molecule has 80 valence electrons. The Balaban J connectivity index is 2.55. The summed E-state index contributed by atoms with van der Waals surface area (Å²) in [5.74, 6) is 0. The van der Waals surface area contributed by atoms with Gasteiger partial charge in [0.25, 0.3) is 0 Å². The maximum absolute atomic E-state index is 5.75. The van der Waals surface area contributed by atoms with Crippen LogP contribution in [0.5, 0.6) is 0 Å². The topological polar surface area (TPSA) is 53.1 Å². The molecular formula is C11H15N3O. The third kappa shape index (κ3) is 1.68. The van der Waals surface area contributed by atoms with Crippen LogP contribution in [0.15, 0.2) is 24.4 Å².